The standard InChI is InChI=1S/C10H9BrFNS/c1-10(2,6-13)14-7-3-4-9(12)8(11)5-7/h3-5H,1-2H3. The summed E-state index contributed by atoms with van der Waals surface area (Å²) >= 11 is 4.52. The molecule has 0 amide bonds. The molecule has 0 unspecified atom stereocenters. The molecule has 1 aromatic carbocycles. The summed E-state index contributed by atoms with van der Waals surface area (Å²) in [4.78, 5) is 0.879. The van der Waals surface area contributed by atoms with Crippen LogP contribution in [-0.4, -0.2) is 4.75 Å². The fourth-order valence-corrected chi connectivity index (χ4v) is 2.34. The summed E-state index contributed by atoms with van der Waals surface area (Å²) < 4.78 is 12.8. The molecule has 0 aliphatic rings. The number of thioether (sulfide) groups is 1. The summed E-state index contributed by atoms with van der Waals surface area (Å²) in [5.41, 5.74) is 0. The van der Waals surface area contributed by atoms with E-state index in [0.29, 0.717) is 4.47 Å². The highest BCUT2D eigenvalue weighted by Crippen LogP contribution is 2.33. The van der Waals surface area contributed by atoms with E-state index in [0.717, 1.165) is 4.90 Å². The van der Waals surface area contributed by atoms with Crippen molar-refractivity contribution >= 4 is 27.7 Å². The van der Waals surface area contributed by atoms with Crippen molar-refractivity contribution in [2.24, 2.45) is 0 Å². The van der Waals surface area contributed by atoms with Crippen LogP contribution in [0, 0.1) is 17.1 Å². The maximum absolute atomic E-state index is 12.9. The molecule has 14 heavy (non-hydrogen) atoms. The van der Waals surface area contributed by atoms with Gasteiger partial charge in [0.2, 0.25) is 0 Å². The lowest BCUT2D eigenvalue weighted by Gasteiger charge is -2.14. The molecule has 1 nitrogen and oxygen atoms in total. The lowest BCUT2D eigenvalue weighted by molar-refractivity contribution is 0.619. The van der Waals surface area contributed by atoms with Crippen molar-refractivity contribution in [3.63, 3.8) is 0 Å². The zero-order valence-electron chi connectivity index (χ0n) is 7.84. The van der Waals surface area contributed by atoms with Crippen LogP contribution in [-0.2, 0) is 0 Å². The van der Waals surface area contributed by atoms with Gasteiger partial charge in [-0.15, -0.1) is 11.8 Å². The maximum atomic E-state index is 12.9. The van der Waals surface area contributed by atoms with Gasteiger partial charge < -0.3 is 0 Å². The molecule has 0 bridgehead atoms. The topological polar surface area (TPSA) is 23.8 Å². The largest absolute Gasteiger partial charge is 0.206 e. The Morgan fingerprint density at radius 3 is 2.64 bits per heavy atom. The molecule has 0 aliphatic heterocycles. The monoisotopic (exact) mass is 273 g/mol. The van der Waals surface area contributed by atoms with E-state index in [4.69, 9.17) is 5.26 Å². The molecule has 0 radical (unpaired) electrons. The molecule has 0 aliphatic carbocycles. The Hall–Kier alpha value is -0.530. The van der Waals surface area contributed by atoms with Gasteiger partial charge in [-0.25, -0.2) is 4.39 Å². The molecule has 4 heteroatoms. The van der Waals surface area contributed by atoms with Crippen LogP contribution >= 0.6 is 27.7 Å². The minimum atomic E-state index is -0.489. The molecule has 0 saturated heterocycles. The molecule has 0 heterocycles. The van der Waals surface area contributed by atoms with E-state index in [1.54, 1.807) is 12.1 Å². The van der Waals surface area contributed by atoms with Crippen molar-refractivity contribution in [3.05, 3.63) is 28.5 Å². The van der Waals surface area contributed by atoms with Gasteiger partial charge in [-0.1, -0.05) is 0 Å². The van der Waals surface area contributed by atoms with Crippen molar-refractivity contribution < 1.29 is 4.39 Å². The summed E-state index contributed by atoms with van der Waals surface area (Å²) in [6.45, 7) is 3.66. The van der Waals surface area contributed by atoms with E-state index in [1.165, 1.54) is 17.8 Å². The number of halogens is 2. The predicted molar refractivity (Wildman–Crippen MR) is 59.6 cm³/mol. The minimum Gasteiger partial charge on any atom is -0.206 e. The number of hydrogen-bond acceptors (Lipinski definition) is 2. The van der Waals surface area contributed by atoms with Gasteiger partial charge in [-0.3, -0.25) is 0 Å². The first-order valence-corrected chi connectivity index (χ1v) is 5.61. The highest BCUT2D eigenvalue weighted by Gasteiger charge is 2.18. The number of nitriles is 1. The maximum Gasteiger partial charge on any atom is 0.137 e. The average molecular weight is 274 g/mol. The highest BCUT2D eigenvalue weighted by molar-refractivity contribution is 9.10. The first kappa shape index (κ1) is 11.5. The molecule has 0 saturated carbocycles. The summed E-state index contributed by atoms with van der Waals surface area (Å²) in [5, 5.41) is 8.82. The summed E-state index contributed by atoms with van der Waals surface area (Å²) in [6.07, 6.45) is 0. The van der Waals surface area contributed by atoms with Crippen LogP contribution in [0.25, 0.3) is 0 Å². The molecule has 1 rings (SSSR count). The Bertz CT molecular complexity index is 384. The van der Waals surface area contributed by atoms with Gasteiger partial charge in [0.05, 0.1) is 10.5 Å². The Kier molecular flexibility index (Phi) is 3.57. The Balaban J connectivity index is 2.90. The summed E-state index contributed by atoms with van der Waals surface area (Å²) in [7, 11) is 0. The van der Waals surface area contributed by atoms with Gasteiger partial charge in [0.25, 0.3) is 0 Å². The summed E-state index contributed by atoms with van der Waals surface area (Å²) in [5.74, 6) is -0.288. The van der Waals surface area contributed by atoms with Crippen LogP contribution in [0.4, 0.5) is 4.39 Å². The SMILES string of the molecule is CC(C)(C#N)Sc1ccc(F)c(Br)c1. The van der Waals surface area contributed by atoms with Gasteiger partial charge in [-0.05, 0) is 48.0 Å². The Labute approximate surface area is 95.4 Å². The third-order valence-corrected chi connectivity index (χ3v) is 3.23. The third-order valence-electron chi connectivity index (χ3n) is 1.53. The van der Waals surface area contributed by atoms with Crippen LogP contribution in [0.15, 0.2) is 27.6 Å². The van der Waals surface area contributed by atoms with Crippen LogP contribution in [0.2, 0.25) is 0 Å². The first-order valence-electron chi connectivity index (χ1n) is 4.00. The normalized spacial score (nSPS) is 11.1. The lowest BCUT2D eigenvalue weighted by Crippen LogP contribution is -2.09. The fraction of sp³-hybridized carbons (Fsp3) is 0.300. The van der Waals surface area contributed by atoms with Gasteiger partial charge in [0, 0.05) is 4.90 Å². The van der Waals surface area contributed by atoms with Crippen molar-refractivity contribution in [1.82, 2.24) is 0 Å². The Morgan fingerprint density at radius 2 is 2.14 bits per heavy atom. The number of benzene rings is 1. The van der Waals surface area contributed by atoms with Gasteiger partial charge in [-0.2, -0.15) is 5.26 Å². The van der Waals surface area contributed by atoms with Crippen molar-refractivity contribution in [3.8, 4) is 6.07 Å². The number of nitrogens with zero attached hydrogens (tertiary/aromatic N) is 1. The smallest absolute Gasteiger partial charge is 0.137 e. The number of rotatable bonds is 2. The average Bonchev–Trinajstić information content (AvgIpc) is 2.11. The zero-order valence-corrected chi connectivity index (χ0v) is 10.2. The highest BCUT2D eigenvalue weighted by atomic mass is 79.9. The van der Waals surface area contributed by atoms with E-state index >= 15 is 0 Å². The van der Waals surface area contributed by atoms with E-state index in [-0.39, 0.29) is 5.82 Å². The van der Waals surface area contributed by atoms with E-state index in [9.17, 15) is 4.39 Å². The molecule has 0 N–H and O–H groups in total. The second kappa shape index (κ2) is 4.33. The molecular weight excluding hydrogens is 265 g/mol. The molecule has 0 fully saturated rings. The van der Waals surface area contributed by atoms with E-state index < -0.39 is 4.75 Å². The van der Waals surface area contributed by atoms with Gasteiger partial charge in [0.15, 0.2) is 0 Å². The van der Waals surface area contributed by atoms with Crippen molar-refractivity contribution in [2.75, 3.05) is 0 Å². The fourth-order valence-electron chi connectivity index (χ4n) is 0.858. The molecule has 1 aromatic rings. The second-order valence-corrected chi connectivity index (χ2v) is 5.85. The predicted octanol–water partition coefficient (Wildman–Crippen LogP) is 3.98. The van der Waals surface area contributed by atoms with Crippen LogP contribution < -0.4 is 0 Å². The number of hydrogen-bond donors (Lipinski definition) is 0. The van der Waals surface area contributed by atoms with Crippen LogP contribution in [0.5, 0.6) is 0 Å². The third kappa shape index (κ3) is 3.00. The quantitative estimate of drug-likeness (QED) is 0.761. The van der Waals surface area contributed by atoms with Crippen molar-refractivity contribution in [2.45, 2.75) is 23.5 Å². The molecular formula is C10H9BrFNS. The minimum absolute atomic E-state index is 0.288. The molecule has 74 valence electrons. The molecule has 0 aromatic heterocycles. The molecule has 0 spiro atoms. The first-order chi connectivity index (χ1) is 6.44. The molecule has 0 atom stereocenters. The second-order valence-electron chi connectivity index (χ2n) is 3.30. The van der Waals surface area contributed by atoms with Gasteiger partial charge in [0.1, 0.15) is 10.6 Å². The van der Waals surface area contributed by atoms with Crippen LogP contribution in [0.3, 0.4) is 0 Å². The van der Waals surface area contributed by atoms with Gasteiger partial charge >= 0.3 is 0 Å². The Morgan fingerprint density at radius 1 is 1.50 bits per heavy atom. The van der Waals surface area contributed by atoms with Crippen LogP contribution in [0.1, 0.15) is 13.8 Å². The zero-order chi connectivity index (χ0) is 10.8. The summed E-state index contributed by atoms with van der Waals surface area (Å²) in [6, 6.07) is 6.92. The lowest BCUT2D eigenvalue weighted by atomic mass is 10.2. The van der Waals surface area contributed by atoms with E-state index in [2.05, 4.69) is 22.0 Å². The van der Waals surface area contributed by atoms with Crippen molar-refractivity contribution in [1.29, 1.82) is 5.26 Å². The van der Waals surface area contributed by atoms with E-state index in [1.807, 2.05) is 13.8 Å².